The third-order valence-corrected chi connectivity index (χ3v) is 5.46. The van der Waals surface area contributed by atoms with Crippen molar-refractivity contribution < 1.29 is 9.53 Å². The number of ether oxygens (including phenoxy) is 1. The molecule has 5 heteroatoms. The Bertz CT molecular complexity index is 727. The molecule has 2 aromatic carbocycles. The molecule has 0 aromatic heterocycles. The fraction of sp³-hybridized carbons (Fsp3) is 0.381. The lowest BCUT2D eigenvalue weighted by Crippen LogP contribution is -2.41. The van der Waals surface area contributed by atoms with Gasteiger partial charge in [-0.1, -0.05) is 24.3 Å². The SMILES string of the molecule is COc1ccc(C(C)NC(=O)N(Cc2ccc(SC)cc2)C2CC2)cc1. The molecule has 0 aliphatic heterocycles. The van der Waals surface area contributed by atoms with Crippen molar-refractivity contribution in [2.75, 3.05) is 13.4 Å². The molecule has 0 heterocycles. The van der Waals surface area contributed by atoms with Gasteiger partial charge >= 0.3 is 6.03 Å². The van der Waals surface area contributed by atoms with Crippen molar-refractivity contribution in [3.8, 4) is 5.75 Å². The number of hydrogen-bond acceptors (Lipinski definition) is 3. The summed E-state index contributed by atoms with van der Waals surface area (Å²) < 4.78 is 5.19. The zero-order chi connectivity index (χ0) is 18.5. The number of nitrogens with one attached hydrogen (secondary N) is 1. The van der Waals surface area contributed by atoms with Gasteiger partial charge in [0, 0.05) is 17.5 Å². The van der Waals surface area contributed by atoms with Crippen LogP contribution in [-0.4, -0.2) is 30.3 Å². The van der Waals surface area contributed by atoms with Crippen molar-refractivity contribution in [3.63, 3.8) is 0 Å². The second kappa shape index (κ2) is 8.49. The highest BCUT2D eigenvalue weighted by Crippen LogP contribution is 2.29. The highest BCUT2D eigenvalue weighted by molar-refractivity contribution is 7.98. The lowest BCUT2D eigenvalue weighted by Gasteiger charge is -2.25. The van der Waals surface area contributed by atoms with Crippen LogP contribution in [0.25, 0.3) is 0 Å². The van der Waals surface area contributed by atoms with E-state index in [0.717, 1.165) is 24.2 Å². The smallest absolute Gasteiger partial charge is 0.318 e. The highest BCUT2D eigenvalue weighted by atomic mass is 32.2. The van der Waals surface area contributed by atoms with E-state index in [1.54, 1.807) is 18.9 Å². The van der Waals surface area contributed by atoms with Gasteiger partial charge in [0.15, 0.2) is 0 Å². The topological polar surface area (TPSA) is 41.6 Å². The van der Waals surface area contributed by atoms with E-state index in [2.05, 4.69) is 35.8 Å². The van der Waals surface area contributed by atoms with Crippen LogP contribution < -0.4 is 10.1 Å². The summed E-state index contributed by atoms with van der Waals surface area (Å²) in [6.07, 6.45) is 4.25. The molecule has 0 saturated heterocycles. The summed E-state index contributed by atoms with van der Waals surface area (Å²) in [6, 6.07) is 16.6. The number of nitrogens with zero attached hydrogens (tertiary/aromatic N) is 1. The van der Waals surface area contributed by atoms with Crippen LogP contribution in [0, 0.1) is 0 Å². The molecule has 26 heavy (non-hydrogen) atoms. The molecular formula is C21H26N2O2S. The van der Waals surface area contributed by atoms with E-state index in [9.17, 15) is 4.79 Å². The van der Waals surface area contributed by atoms with Crippen LogP contribution in [-0.2, 0) is 6.54 Å². The monoisotopic (exact) mass is 370 g/mol. The van der Waals surface area contributed by atoms with Crippen molar-refractivity contribution in [3.05, 3.63) is 59.7 Å². The number of benzene rings is 2. The van der Waals surface area contributed by atoms with Crippen LogP contribution in [0.1, 0.15) is 36.9 Å². The van der Waals surface area contributed by atoms with Gasteiger partial charge in [-0.15, -0.1) is 11.8 Å². The summed E-state index contributed by atoms with van der Waals surface area (Å²) in [4.78, 5) is 16.1. The maximum atomic E-state index is 12.8. The van der Waals surface area contributed by atoms with Crippen molar-refractivity contribution in [2.24, 2.45) is 0 Å². The van der Waals surface area contributed by atoms with Gasteiger partial charge in [0.2, 0.25) is 0 Å². The van der Waals surface area contributed by atoms with Gasteiger partial charge in [0.1, 0.15) is 5.75 Å². The molecule has 0 spiro atoms. The Morgan fingerprint density at radius 3 is 2.38 bits per heavy atom. The first-order valence-electron chi connectivity index (χ1n) is 8.94. The molecule has 3 rings (SSSR count). The number of carbonyl (C=O) groups is 1. The van der Waals surface area contributed by atoms with Crippen LogP contribution in [0.2, 0.25) is 0 Å². The summed E-state index contributed by atoms with van der Waals surface area (Å²) in [5, 5.41) is 3.14. The molecule has 1 N–H and O–H groups in total. The molecule has 1 saturated carbocycles. The average Bonchev–Trinajstić information content (AvgIpc) is 3.51. The van der Waals surface area contributed by atoms with Crippen LogP contribution >= 0.6 is 11.8 Å². The van der Waals surface area contributed by atoms with Gasteiger partial charge in [0.05, 0.1) is 13.2 Å². The molecule has 1 fully saturated rings. The van der Waals surface area contributed by atoms with Gasteiger partial charge in [-0.3, -0.25) is 0 Å². The van der Waals surface area contributed by atoms with E-state index < -0.39 is 0 Å². The molecule has 2 aromatic rings. The molecule has 1 unspecified atom stereocenters. The number of carbonyl (C=O) groups excluding carboxylic acids is 1. The second-order valence-electron chi connectivity index (χ2n) is 6.65. The molecule has 1 aliphatic rings. The molecule has 4 nitrogen and oxygen atoms in total. The Balaban J connectivity index is 1.64. The Labute approximate surface area is 159 Å². The predicted molar refractivity (Wildman–Crippen MR) is 107 cm³/mol. The summed E-state index contributed by atoms with van der Waals surface area (Å²) in [5.74, 6) is 0.820. The van der Waals surface area contributed by atoms with Gasteiger partial charge in [-0.2, -0.15) is 0 Å². The quantitative estimate of drug-likeness (QED) is 0.708. The van der Waals surface area contributed by atoms with Crippen LogP contribution in [0.5, 0.6) is 5.75 Å². The summed E-state index contributed by atoms with van der Waals surface area (Å²) in [7, 11) is 1.65. The van der Waals surface area contributed by atoms with E-state index in [1.165, 1.54) is 10.5 Å². The predicted octanol–water partition coefficient (Wildman–Crippen LogP) is 4.85. The zero-order valence-electron chi connectivity index (χ0n) is 15.6. The first-order valence-corrected chi connectivity index (χ1v) is 10.2. The van der Waals surface area contributed by atoms with Crippen molar-refractivity contribution >= 4 is 17.8 Å². The maximum absolute atomic E-state index is 12.8. The minimum Gasteiger partial charge on any atom is -0.497 e. The first kappa shape index (κ1) is 18.6. The minimum absolute atomic E-state index is 0.00441. The van der Waals surface area contributed by atoms with Gasteiger partial charge < -0.3 is 15.0 Å². The van der Waals surface area contributed by atoms with E-state index in [4.69, 9.17) is 4.74 Å². The maximum Gasteiger partial charge on any atom is 0.318 e. The van der Waals surface area contributed by atoms with Gasteiger partial charge in [-0.05, 0) is 61.4 Å². The normalized spacial score (nSPS) is 14.6. The number of rotatable bonds is 7. The highest BCUT2D eigenvalue weighted by Gasteiger charge is 2.33. The summed E-state index contributed by atoms with van der Waals surface area (Å²) in [6.45, 7) is 2.67. The Morgan fingerprint density at radius 2 is 1.85 bits per heavy atom. The van der Waals surface area contributed by atoms with Gasteiger partial charge in [0.25, 0.3) is 0 Å². The molecule has 138 valence electrons. The minimum atomic E-state index is -0.0477. The van der Waals surface area contributed by atoms with Crippen LogP contribution in [0.4, 0.5) is 4.79 Å². The lowest BCUT2D eigenvalue weighted by molar-refractivity contribution is 0.188. The fourth-order valence-corrected chi connectivity index (χ4v) is 3.33. The number of amides is 2. The van der Waals surface area contributed by atoms with E-state index >= 15 is 0 Å². The Kier molecular flexibility index (Phi) is 6.09. The first-order chi connectivity index (χ1) is 12.6. The zero-order valence-corrected chi connectivity index (χ0v) is 16.4. The van der Waals surface area contributed by atoms with Crippen molar-refractivity contribution in [1.82, 2.24) is 10.2 Å². The average molecular weight is 371 g/mol. The Hall–Kier alpha value is -2.14. The lowest BCUT2D eigenvalue weighted by atomic mass is 10.1. The molecule has 0 radical (unpaired) electrons. The third-order valence-electron chi connectivity index (χ3n) is 4.72. The summed E-state index contributed by atoms with van der Waals surface area (Å²) >= 11 is 1.73. The van der Waals surface area contributed by atoms with Gasteiger partial charge in [-0.25, -0.2) is 4.79 Å². The molecule has 0 bridgehead atoms. The molecule has 1 aliphatic carbocycles. The number of urea groups is 1. The fourth-order valence-electron chi connectivity index (χ4n) is 2.92. The standard InChI is InChI=1S/C21H26N2O2S/c1-15(17-6-10-19(25-2)11-7-17)22-21(24)23(18-8-9-18)14-16-4-12-20(26-3)13-5-16/h4-7,10-13,15,18H,8-9,14H2,1-3H3,(H,22,24). The van der Waals surface area contributed by atoms with Crippen LogP contribution in [0.3, 0.4) is 0 Å². The molecular weight excluding hydrogens is 344 g/mol. The van der Waals surface area contributed by atoms with E-state index in [0.29, 0.717) is 12.6 Å². The number of thioether (sulfide) groups is 1. The van der Waals surface area contributed by atoms with E-state index in [-0.39, 0.29) is 12.1 Å². The summed E-state index contributed by atoms with van der Waals surface area (Å²) in [5.41, 5.74) is 2.24. The number of methoxy groups -OCH3 is 1. The molecule has 1 atom stereocenters. The third kappa shape index (κ3) is 4.73. The number of hydrogen-bond donors (Lipinski definition) is 1. The van der Waals surface area contributed by atoms with Crippen molar-refractivity contribution in [1.29, 1.82) is 0 Å². The van der Waals surface area contributed by atoms with Crippen molar-refractivity contribution in [2.45, 2.75) is 43.3 Å². The Morgan fingerprint density at radius 1 is 1.19 bits per heavy atom. The largest absolute Gasteiger partial charge is 0.497 e. The molecule has 2 amide bonds. The van der Waals surface area contributed by atoms with Crippen LogP contribution in [0.15, 0.2) is 53.4 Å². The second-order valence-corrected chi connectivity index (χ2v) is 7.53. The van der Waals surface area contributed by atoms with E-state index in [1.807, 2.05) is 36.1 Å².